The normalized spacial score (nSPS) is 15.2. The Kier molecular flexibility index (Phi) is 5.13. The molecule has 2 nitrogen and oxygen atoms in total. The van der Waals surface area contributed by atoms with Crippen LogP contribution in [0.4, 0.5) is 5.69 Å². The lowest BCUT2D eigenvalue weighted by atomic mass is 9.95. The van der Waals surface area contributed by atoms with E-state index in [-0.39, 0.29) is 10.2 Å². The van der Waals surface area contributed by atoms with Gasteiger partial charge < -0.3 is 4.90 Å². The molecule has 0 fully saturated rings. The van der Waals surface area contributed by atoms with E-state index in [9.17, 15) is 4.79 Å². The third kappa shape index (κ3) is 4.57. The van der Waals surface area contributed by atoms with E-state index in [4.69, 9.17) is 0 Å². The number of carbonyl (C=O) groups excluding carboxylic acids is 1. The number of amides is 1. The summed E-state index contributed by atoms with van der Waals surface area (Å²) in [6.45, 7) is 9.44. The van der Waals surface area contributed by atoms with Gasteiger partial charge in [0, 0.05) is 23.0 Å². The lowest BCUT2D eigenvalue weighted by Gasteiger charge is -2.31. The van der Waals surface area contributed by atoms with Crippen molar-refractivity contribution in [2.24, 2.45) is 5.92 Å². The van der Waals surface area contributed by atoms with Gasteiger partial charge in [0.25, 0.3) is 0 Å². The number of carbonyl (C=O) groups is 1. The van der Waals surface area contributed by atoms with Crippen molar-refractivity contribution in [1.29, 1.82) is 0 Å². The maximum absolute atomic E-state index is 12.4. The molecule has 1 aromatic rings. The van der Waals surface area contributed by atoms with Gasteiger partial charge in [0.05, 0.1) is 0 Å². The maximum atomic E-state index is 12.4. The topological polar surface area (TPSA) is 20.3 Å². The Balaban J connectivity index is 2.22. The quantitative estimate of drug-likeness (QED) is 0.718. The van der Waals surface area contributed by atoms with Crippen molar-refractivity contribution in [2.75, 3.05) is 11.4 Å². The van der Waals surface area contributed by atoms with Crippen LogP contribution < -0.4 is 4.90 Å². The van der Waals surface area contributed by atoms with Gasteiger partial charge in [-0.1, -0.05) is 41.9 Å². The number of fused-ring (bicyclic) bond motifs is 1. The third-order valence-corrected chi connectivity index (χ3v) is 4.05. The molecule has 1 heterocycles. The highest BCUT2D eigenvalue weighted by Gasteiger charge is 2.23. The molecule has 0 atom stereocenters. The first kappa shape index (κ1) is 16.5. The number of hydrogen-bond donors (Lipinski definition) is 0. The summed E-state index contributed by atoms with van der Waals surface area (Å²) in [5.41, 5.74) is 3.80. The molecule has 1 aliphatic rings. The smallest absolute Gasteiger partial charge is 0.227 e. The van der Waals surface area contributed by atoms with Gasteiger partial charge in [-0.3, -0.25) is 4.79 Å². The Hall–Kier alpha value is -0.830. The molecule has 21 heavy (non-hydrogen) atoms. The third-order valence-electron chi connectivity index (χ3n) is 3.77. The molecule has 1 aromatic carbocycles. The Morgan fingerprint density at radius 1 is 1.38 bits per heavy atom. The summed E-state index contributed by atoms with van der Waals surface area (Å²) in [6.07, 6.45) is 3.78. The van der Waals surface area contributed by atoms with Crippen LogP contribution in [0, 0.1) is 5.92 Å². The van der Waals surface area contributed by atoms with Gasteiger partial charge in [-0.2, -0.15) is 0 Å². The predicted molar refractivity (Wildman–Crippen MR) is 93.3 cm³/mol. The molecule has 0 unspecified atom stereocenters. The molecule has 0 spiro atoms. The van der Waals surface area contributed by atoms with Crippen molar-refractivity contribution in [3.8, 4) is 0 Å². The molecule has 0 bridgehead atoms. The molecule has 1 amide bonds. The summed E-state index contributed by atoms with van der Waals surface area (Å²) in [4.78, 5) is 14.4. The largest absolute Gasteiger partial charge is 0.312 e. The molecule has 2 rings (SSSR count). The Morgan fingerprint density at radius 2 is 2.10 bits per heavy atom. The van der Waals surface area contributed by atoms with Crippen LogP contribution in [-0.4, -0.2) is 16.8 Å². The molecular formula is C18H26BrNO. The Labute approximate surface area is 137 Å². The molecule has 0 aliphatic carbocycles. The zero-order chi connectivity index (χ0) is 15.6. The van der Waals surface area contributed by atoms with Crippen molar-refractivity contribution < 1.29 is 4.79 Å². The van der Waals surface area contributed by atoms with E-state index in [1.807, 2.05) is 4.90 Å². The summed E-state index contributed by atoms with van der Waals surface area (Å²) < 4.78 is 0.114. The molecule has 0 aromatic heterocycles. The van der Waals surface area contributed by atoms with Crippen LogP contribution in [-0.2, 0) is 17.6 Å². The van der Waals surface area contributed by atoms with Crippen LogP contribution in [0.2, 0.25) is 0 Å². The minimum atomic E-state index is 0.114. The van der Waals surface area contributed by atoms with Crippen LogP contribution in [0.3, 0.4) is 0 Å². The van der Waals surface area contributed by atoms with E-state index in [1.165, 1.54) is 11.1 Å². The summed E-state index contributed by atoms with van der Waals surface area (Å²) >= 11 is 3.71. The second-order valence-electron chi connectivity index (χ2n) is 7.11. The van der Waals surface area contributed by atoms with Crippen LogP contribution in [0.15, 0.2) is 18.2 Å². The van der Waals surface area contributed by atoms with Crippen molar-refractivity contribution in [2.45, 2.75) is 57.7 Å². The highest BCUT2D eigenvalue weighted by Crippen LogP contribution is 2.31. The molecule has 0 saturated heterocycles. The van der Waals surface area contributed by atoms with E-state index in [2.05, 4.69) is 61.8 Å². The molecule has 0 saturated carbocycles. The zero-order valence-corrected chi connectivity index (χ0v) is 15.2. The first-order valence-corrected chi connectivity index (χ1v) is 8.66. The number of alkyl halides is 1. The van der Waals surface area contributed by atoms with E-state index in [0.29, 0.717) is 12.3 Å². The van der Waals surface area contributed by atoms with Crippen LogP contribution >= 0.6 is 15.9 Å². The average molecular weight is 352 g/mol. The van der Waals surface area contributed by atoms with Crippen molar-refractivity contribution in [1.82, 2.24) is 0 Å². The van der Waals surface area contributed by atoms with Gasteiger partial charge in [0.1, 0.15) is 0 Å². The van der Waals surface area contributed by atoms with Crippen molar-refractivity contribution >= 4 is 27.5 Å². The summed E-state index contributed by atoms with van der Waals surface area (Å²) in [5.74, 6) is 0.677. The predicted octanol–water partition coefficient (Wildman–Crippen LogP) is 4.73. The average Bonchev–Trinajstić information content (AvgIpc) is 2.34. The van der Waals surface area contributed by atoms with Gasteiger partial charge in [-0.15, -0.1) is 0 Å². The van der Waals surface area contributed by atoms with E-state index >= 15 is 0 Å². The summed E-state index contributed by atoms with van der Waals surface area (Å²) in [6, 6.07) is 6.59. The Bertz CT molecular complexity index is 516. The Morgan fingerprint density at radius 3 is 2.71 bits per heavy atom. The van der Waals surface area contributed by atoms with Gasteiger partial charge in [-0.05, 0) is 56.2 Å². The lowest BCUT2D eigenvalue weighted by Crippen LogP contribution is -2.36. The zero-order valence-electron chi connectivity index (χ0n) is 13.6. The van der Waals surface area contributed by atoms with E-state index in [1.54, 1.807) is 0 Å². The van der Waals surface area contributed by atoms with E-state index < -0.39 is 0 Å². The summed E-state index contributed by atoms with van der Waals surface area (Å²) in [5, 5.41) is 0. The second kappa shape index (κ2) is 6.51. The highest BCUT2D eigenvalue weighted by molar-refractivity contribution is 9.10. The second-order valence-corrected chi connectivity index (χ2v) is 9.25. The minimum Gasteiger partial charge on any atom is -0.312 e. The number of halogens is 1. The fourth-order valence-corrected chi connectivity index (χ4v) is 3.29. The lowest BCUT2D eigenvalue weighted by molar-refractivity contribution is -0.119. The van der Waals surface area contributed by atoms with Gasteiger partial charge in [0.15, 0.2) is 0 Å². The number of aryl methyl sites for hydroxylation is 1. The van der Waals surface area contributed by atoms with E-state index in [0.717, 1.165) is 31.5 Å². The van der Waals surface area contributed by atoms with Crippen LogP contribution in [0.1, 0.15) is 51.7 Å². The fourth-order valence-electron chi connectivity index (χ4n) is 2.96. The molecule has 3 heteroatoms. The van der Waals surface area contributed by atoms with Crippen molar-refractivity contribution in [3.63, 3.8) is 0 Å². The van der Waals surface area contributed by atoms with Gasteiger partial charge in [-0.25, -0.2) is 0 Å². The number of hydrogen-bond acceptors (Lipinski definition) is 1. The number of benzene rings is 1. The minimum absolute atomic E-state index is 0.114. The molecular weight excluding hydrogens is 326 g/mol. The first-order valence-electron chi connectivity index (χ1n) is 7.87. The fraction of sp³-hybridized carbons (Fsp3) is 0.611. The monoisotopic (exact) mass is 351 g/mol. The number of anilines is 1. The molecule has 0 N–H and O–H groups in total. The number of nitrogens with zero attached hydrogens (tertiary/aromatic N) is 1. The maximum Gasteiger partial charge on any atom is 0.227 e. The highest BCUT2D eigenvalue weighted by atomic mass is 79.9. The van der Waals surface area contributed by atoms with Crippen molar-refractivity contribution in [3.05, 3.63) is 29.3 Å². The standard InChI is InChI=1S/C18H26BrNO/c1-13(2)10-17(21)20-9-5-6-15-11-14(7-8-16(15)20)12-18(3,4)19/h7-8,11,13H,5-6,9-10,12H2,1-4H3. The summed E-state index contributed by atoms with van der Waals surface area (Å²) in [7, 11) is 0. The molecule has 1 aliphatic heterocycles. The van der Waals surface area contributed by atoms with Crippen LogP contribution in [0.25, 0.3) is 0 Å². The first-order chi connectivity index (χ1) is 9.76. The molecule has 116 valence electrons. The van der Waals surface area contributed by atoms with Gasteiger partial charge >= 0.3 is 0 Å². The van der Waals surface area contributed by atoms with Crippen LogP contribution in [0.5, 0.6) is 0 Å². The number of rotatable bonds is 4. The SMILES string of the molecule is CC(C)CC(=O)N1CCCc2cc(CC(C)(C)Br)ccc21. The molecule has 0 radical (unpaired) electrons. The van der Waals surface area contributed by atoms with Gasteiger partial charge in [0.2, 0.25) is 5.91 Å².